The highest BCUT2D eigenvalue weighted by Crippen LogP contribution is 2.32. The van der Waals surface area contributed by atoms with E-state index in [-0.39, 0.29) is 17.4 Å². The van der Waals surface area contributed by atoms with Gasteiger partial charge >= 0.3 is 5.97 Å². The van der Waals surface area contributed by atoms with E-state index in [0.29, 0.717) is 21.1 Å². The fourth-order valence-electron chi connectivity index (χ4n) is 2.13. The zero-order valence-electron chi connectivity index (χ0n) is 10.5. The number of nitrogens with one attached hydrogen (secondary N) is 1. The Hall–Kier alpha value is -1.14. The Bertz CT molecular complexity index is 584. The van der Waals surface area contributed by atoms with Crippen molar-refractivity contribution in [3.8, 4) is 0 Å². The lowest BCUT2D eigenvalue weighted by atomic mass is 9.93. The number of carbonyl (C=O) groups is 2. The van der Waals surface area contributed by atoms with Crippen molar-refractivity contribution in [2.24, 2.45) is 5.92 Å². The number of hydrogen-bond acceptors (Lipinski definition) is 2. The van der Waals surface area contributed by atoms with Gasteiger partial charge in [-0.1, -0.05) is 28.1 Å². The third-order valence-corrected chi connectivity index (χ3v) is 4.26. The molecule has 0 heterocycles. The van der Waals surface area contributed by atoms with Crippen molar-refractivity contribution in [1.29, 1.82) is 0 Å². The summed E-state index contributed by atoms with van der Waals surface area (Å²) in [6.07, 6.45) is 6.41. The first-order chi connectivity index (χ1) is 9.49. The summed E-state index contributed by atoms with van der Waals surface area (Å²) in [5, 5.41) is 12.0. The van der Waals surface area contributed by atoms with Gasteiger partial charge in [-0.05, 0) is 47.3 Å². The quantitative estimate of drug-likeness (QED) is 0.744. The molecule has 4 nitrogen and oxygen atoms in total. The van der Waals surface area contributed by atoms with E-state index in [1.165, 1.54) is 6.07 Å². The van der Waals surface area contributed by atoms with Crippen molar-refractivity contribution in [3.05, 3.63) is 38.8 Å². The van der Waals surface area contributed by atoms with Crippen LogP contribution in [-0.2, 0) is 4.79 Å². The molecule has 1 aliphatic carbocycles. The number of carboxylic acid groups (broad SMARTS) is 1. The van der Waals surface area contributed by atoms with E-state index in [0.717, 1.165) is 12.8 Å². The van der Waals surface area contributed by atoms with Gasteiger partial charge in [-0.15, -0.1) is 0 Å². The zero-order chi connectivity index (χ0) is 14.7. The molecule has 1 unspecified atom stereocenters. The van der Waals surface area contributed by atoms with Crippen molar-refractivity contribution < 1.29 is 14.7 Å². The number of allylic oxidation sites excluding steroid dienone is 2. The summed E-state index contributed by atoms with van der Waals surface area (Å²) in [7, 11) is 0. The smallest absolute Gasteiger partial charge is 0.337 e. The molecule has 1 atom stereocenters. The van der Waals surface area contributed by atoms with E-state index >= 15 is 0 Å². The fraction of sp³-hybridized carbons (Fsp3) is 0.286. The Morgan fingerprint density at radius 1 is 1.25 bits per heavy atom. The molecule has 0 aliphatic heterocycles. The first-order valence-corrected chi connectivity index (χ1v) is 7.76. The summed E-state index contributed by atoms with van der Waals surface area (Å²) in [6, 6.07) is 3.19. The van der Waals surface area contributed by atoms with Gasteiger partial charge in [-0.3, -0.25) is 4.79 Å². The SMILES string of the molecule is O=C(O)c1cc(Br)cc(Br)c1NC(=O)C1CC=CCC1. The summed E-state index contributed by atoms with van der Waals surface area (Å²) >= 11 is 6.54. The zero-order valence-corrected chi connectivity index (χ0v) is 13.7. The van der Waals surface area contributed by atoms with E-state index in [1.54, 1.807) is 6.07 Å². The van der Waals surface area contributed by atoms with Gasteiger partial charge in [0.15, 0.2) is 0 Å². The molecule has 0 bridgehead atoms. The highest BCUT2D eigenvalue weighted by atomic mass is 79.9. The molecule has 20 heavy (non-hydrogen) atoms. The third-order valence-electron chi connectivity index (χ3n) is 3.17. The average Bonchev–Trinajstić information content (AvgIpc) is 2.42. The number of halogens is 2. The van der Waals surface area contributed by atoms with Gasteiger partial charge in [0, 0.05) is 14.9 Å². The Labute approximate surface area is 133 Å². The third kappa shape index (κ3) is 3.49. The number of anilines is 1. The number of benzene rings is 1. The van der Waals surface area contributed by atoms with E-state index in [2.05, 4.69) is 43.3 Å². The number of amides is 1. The summed E-state index contributed by atoms with van der Waals surface area (Å²) in [5.74, 6) is -1.32. The van der Waals surface area contributed by atoms with Crippen molar-refractivity contribution in [2.45, 2.75) is 19.3 Å². The monoisotopic (exact) mass is 401 g/mol. The molecule has 1 amide bonds. The lowest BCUT2D eigenvalue weighted by molar-refractivity contribution is -0.120. The molecule has 6 heteroatoms. The molecule has 2 N–H and O–H groups in total. The standard InChI is InChI=1S/C14H13Br2NO3/c15-9-6-10(14(19)20)12(11(16)7-9)17-13(18)8-4-2-1-3-5-8/h1-2,6-8H,3-5H2,(H,17,18)(H,19,20). The maximum absolute atomic E-state index is 12.2. The topological polar surface area (TPSA) is 66.4 Å². The number of carbonyl (C=O) groups excluding carboxylic acids is 1. The predicted octanol–water partition coefficient (Wildman–Crippen LogP) is 4.20. The van der Waals surface area contributed by atoms with Crippen molar-refractivity contribution in [2.75, 3.05) is 5.32 Å². The lowest BCUT2D eigenvalue weighted by Gasteiger charge is -2.19. The van der Waals surface area contributed by atoms with Crippen molar-refractivity contribution >= 4 is 49.4 Å². The van der Waals surface area contributed by atoms with Crippen LogP contribution in [0.2, 0.25) is 0 Å². The molecule has 2 rings (SSSR count). The minimum absolute atomic E-state index is 0.0611. The van der Waals surface area contributed by atoms with E-state index in [4.69, 9.17) is 0 Å². The fourth-order valence-corrected chi connectivity index (χ4v) is 3.45. The summed E-state index contributed by atoms with van der Waals surface area (Å²) < 4.78 is 1.18. The molecule has 0 fully saturated rings. The highest BCUT2D eigenvalue weighted by molar-refractivity contribution is 9.11. The van der Waals surface area contributed by atoms with Crippen LogP contribution in [0.25, 0.3) is 0 Å². The number of carboxylic acids is 1. The van der Waals surface area contributed by atoms with E-state index < -0.39 is 5.97 Å². The van der Waals surface area contributed by atoms with Gasteiger partial charge in [0.05, 0.1) is 11.3 Å². The van der Waals surface area contributed by atoms with Crippen LogP contribution in [0.3, 0.4) is 0 Å². The van der Waals surface area contributed by atoms with Gasteiger partial charge in [0.1, 0.15) is 0 Å². The second-order valence-corrected chi connectivity index (χ2v) is 6.36. The van der Waals surface area contributed by atoms with Crippen LogP contribution in [0.1, 0.15) is 29.6 Å². The van der Waals surface area contributed by atoms with Crippen LogP contribution in [0.4, 0.5) is 5.69 Å². The molecule has 0 radical (unpaired) electrons. The lowest BCUT2D eigenvalue weighted by Crippen LogP contribution is -2.24. The Balaban J connectivity index is 2.26. The second kappa shape index (κ2) is 6.54. The Kier molecular flexibility index (Phi) is 4.99. The van der Waals surface area contributed by atoms with Crippen molar-refractivity contribution in [1.82, 2.24) is 0 Å². The predicted molar refractivity (Wildman–Crippen MR) is 83.9 cm³/mol. The van der Waals surface area contributed by atoms with Crippen LogP contribution in [0.5, 0.6) is 0 Å². The van der Waals surface area contributed by atoms with Gasteiger partial charge in [-0.2, -0.15) is 0 Å². The maximum atomic E-state index is 12.2. The van der Waals surface area contributed by atoms with Crippen molar-refractivity contribution in [3.63, 3.8) is 0 Å². The molecular weight excluding hydrogens is 390 g/mol. The normalized spacial score (nSPS) is 17.8. The minimum Gasteiger partial charge on any atom is -0.478 e. The summed E-state index contributed by atoms with van der Waals surface area (Å²) in [6.45, 7) is 0. The van der Waals surface area contributed by atoms with Crippen LogP contribution in [-0.4, -0.2) is 17.0 Å². The second-order valence-electron chi connectivity index (χ2n) is 4.59. The van der Waals surface area contributed by atoms with Gasteiger partial charge in [-0.25, -0.2) is 4.79 Å². The van der Waals surface area contributed by atoms with Crippen LogP contribution in [0, 0.1) is 5.92 Å². The first kappa shape index (κ1) is 15.3. The Morgan fingerprint density at radius 3 is 2.60 bits per heavy atom. The number of hydrogen-bond donors (Lipinski definition) is 2. The minimum atomic E-state index is -1.08. The van der Waals surface area contributed by atoms with E-state index in [9.17, 15) is 14.7 Å². The largest absolute Gasteiger partial charge is 0.478 e. The molecule has 0 spiro atoms. The van der Waals surface area contributed by atoms with Gasteiger partial charge < -0.3 is 10.4 Å². The molecule has 0 saturated carbocycles. The van der Waals surface area contributed by atoms with Crippen LogP contribution >= 0.6 is 31.9 Å². The van der Waals surface area contributed by atoms with Crippen LogP contribution in [0.15, 0.2) is 33.2 Å². The van der Waals surface area contributed by atoms with Gasteiger partial charge in [0.25, 0.3) is 0 Å². The molecular formula is C14H13Br2NO3. The number of aromatic carboxylic acids is 1. The molecule has 106 valence electrons. The van der Waals surface area contributed by atoms with E-state index in [1.807, 2.05) is 6.08 Å². The van der Waals surface area contributed by atoms with Gasteiger partial charge in [0.2, 0.25) is 5.91 Å². The molecule has 0 aromatic heterocycles. The first-order valence-electron chi connectivity index (χ1n) is 6.17. The molecule has 1 aromatic carbocycles. The summed E-state index contributed by atoms with van der Waals surface area (Å²) in [4.78, 5) is 23.5. The van der Waals surface area contributed by atoms with Crippen LogP contribution < -0.4 is 5.32 Å². The number of rotatable bonds is 3. The highest BCUT2D eigenvalue weighted by Gasteiger charge is 2.22. The Morgan fingerprint density at radius 2 is 2.00 bits per heavy atom. The molecule has 1 aromatic rings. The average molecular weight is 403 g/mol. The summed E-state index contributed by atoms with van der Waals surface area (Å²) in [5.41, 5.74) is 0.367. The molecule has 0 saturated heterocycles. The maximum Gasteiger partial charge on any atom is 0.337 e. The molecule has 1 aliphatic rings.